The summed E-state index contributed by atoms with van der Waals surface area (Å²) in [5.41, 5.74) is 7.82. The van der Waals surface area contributed by atoms with Crippen LogP contribution in [-0.4, -0.2) is 110 Å². The first kappa shape index (κ1) is 37.8. The number of benzene rings is 2. The van der Waals surface area contributed by atoms with Crippen LogP contribution in [0, 0.1) is 0 Å². The molecule has 0 bridgehead atoms. The Bertz CT molecular complexity index is 1560. The van der Waals surface area contributed by atoms with E-state index in [1.807, 2.05) is 24.3 Å². The predicted molar refractivity (Wildman–Crippen MR) is 179 cm³/mol. The first-order chi connectivity index (χ1) is 22.8. The van der Waals surface area contributed by atoms with Gasteiger partial charge in [0.25, 0.3) is 0 Å². The number of carbonyl (C=O) groups excluding carboxylic acids is 4. The monoisotopic (exact) mass is 686 g/mol. The average Bonchev–Trinajstić information content (AvgIpc) is 3.47. The maximum atomic E-state index is 13.9. The molecule has 2 aromatic carbocycles. The van der Waals surface area contributed by atoms with Gasteiger partial charge in [-0.05, 0) is 54.7 Å². The average molecular weight is 687 g/mol. The highest BCUT2D eigenvalue weighted by Crippen LogP contribution is 2.20. The number of amides is 4. The molecule has 0 spiro atoms. The smallest absolute Gasteiger partial charge is 0.328 e. The van der Waals surface area contributed by atoms with Crippen LogP contribution in [0.15, 0.2) is 54.7 Å². The summed E-state index contributed by atoms with van der Waals surface area (Å²) in [4.78, 5) is 68.2. The molecule has 0 aliphatic heterocycles. The Balaban J connectivity index is 1.94. The van der Waals surface area contributed by atoms with Crippen LogP contribution in [0.1, 0.15) is 24.5 Å². The molecule has 48 heavy (non-hydrogen) atoms. The van der Waals surface area contributed by atoms with Gasteiger partial charge in [0.05, 0.1) is 12.7 Å². The van der Waals surface area contributed by atoms with Crippen molar-refractivity contribution in [2.75, 3.05) is 18.6 Å². The number of fused-ring (bicyclic) bond motifs is 1. The number of para-hydroxylation sites is 1. The lowest BCUT2D eigenvalue weighted by atomic mass is 10.0. The number of aliphatic hydroxyl groups is 2. The van der Waals surface area contributed by atoms with Crippen molar-refractivity contribution in [3.8, 4) is 5.75 Å². The molecule has 0 fully saturated rings. The number of aliphatic carboxylic acids is 1. The third-order valence-electron chi connectivity index (χ3n) is 7.60. The summed E-state index contributed by atoms with van der Waals surface area (Å²) in [5.74, 6) is -4.23. The Hall–Kier alpha value is -4.64. The first-order valence-electron chi connectivity index (χ1n) is 15.1. The van der Waals surface area contributed by atoms with E-state index in [0.29, 0.717) is 16.9 Å². The number of thioether (sulfide) groups is 1. The van der Waals surface area contributed by atoms with E-state index in [0.717, 1.165) is 10.9 Å². The van der Waals surface area contributed by atoms with Gasteiger partial charge in [-0.15, -0.1) is 0 Å². The number of phenols is 1. The molecule has 260 valence electrons. The molecule has 0 saturated heterocycles. The number of carboxylic acid groups (broad SMARTS) is 1. The van der Waals surface area contributed by atoms with Crippen LogP contribution in [0.4, 0.5) is 0 Å². The van der Waals surface area contributed by atoms with E-state index in [1.54, 1.807) is 24.6 Å². The number of aliphatic hydroxyl groups excluding tert-OH is 2. The van der Waals surface area contributed by atoms with E-state index < -0.39 is 72.5 Å². The second-order valence-corrected chi connectivity index (χ2v) is 12.2. The van der Waals surface area contributed by atoms with Gasteiger partial charge in [0.15, 0.2) is 0 Å². The van der Waals surface area contributed by atoms with Gasteiger partial charge < -0.3 is 52.4 Å². The molecule has 1 heterocycles. The maximum Gasteiger partial charge on any atom is 0.328 e. The molecule has 3 rings (SSSR count). The molecular formula is C32H42N6O9S. The molecule has 4 amide bonds. The third-order valence-corrected chi connectivity index (χ3v) is 8.25. The second-order valence-electron chi connectivity index (χ2n) is 11.2. The predicted octanol–water partition coefficient (Wildman–Crippen LogP) is -0.864. The summed E-state index contributed by atoms with van der Waals surface area (Å²) >= 11 is 1.39. The molecule has 15 nitrogen and oxygen atoms in total. The van der Waals surface area contributed by atoms with E-state index in [9.17, 15) is 44.4 Å². The Kier molecular flexibility index (Phi) is 14.2. The number of H-pyrrole nitrogens is 1. The van der Waals surface area contributed by atoms with Crippen LogP contribution in [0.5, 0.6) is 5.75 Å². The number of aromatic nitrogens is 1. The second kappa shape index (κ2) is 18.1. The van der Waals surface area contributed by atoms with Crippen LogP contribution >= 0.6 is 11.8 Å². The highest BCUT2D eigenvalue weighted by Gasteiger charge is 2.33. The lowest BCUT2D eigenvalue weighted by molar-refractivity contribution is -0.143. The minimum atomic E-state index is -1.59. The maximum absolute atomic E-state index is 13.9. The fourth-order valence-corrected chi connectivity index (χ4v) is 5.27. The Morgan fingerprint density at radius 1 is 0.833 bits per heavy atom. The number of phenolic OH excluding ortho intramolecular Hbond substituents is 1. The molecule has 0 aliphatic carbocycles. The number of carboxylic acids is 1. The van der Waals surface area contributed by atoms with E-state index >= 15 is 0 Å². The molecule has 0 saturated carbocycles. The van der Waals surface area contributed by atoms with Gasteiger partial charge in [-0.2, -0.15) is 11.8 Å². The number of aromatic hydroxyl groups is 1. The van der Waals surface area contributed by atoms with Crippen molar-refractivity contribution in [3.63, 3.8) is 0 Å². The fraction of sp³-hybridized carbons (Fsp3) is 0.406. The van der Waals surface area contributed by atoms with Crippen molar-refractivity contribution in [2.24, 2.45) is 5.73 Å². The standard InChI is InChI=1S/C32H42N6O9S/c1-17(40)27(33)31(45)37-24(13-18-7-9-20(41)10-8-18)29(43)36-25(14-19-15-34-22-6-4-3-5-21(19)22)30(44)35-23(11-12-48-2)28(42)38-26(16-39)32(46)47/h3-10,15,17,23-27,34,39-41H,11-14,16,33H2,1-2H3,(H,35,44)(H,36,43)(H,37,45)(H,38,42)(H,46,47)/t17-,23+,24+,25+,26+,27+/m1/s1. The number of rotatable bonds is 18. The van der Waals surface area contributed by atoms with Gasteiger partial charge in [-0.1, -0.05) is 30.3 Å². The first-order valence-corrected chi connectivity index (χ1v) is 16.5. The van der Waals surface area contributed by atoms with E-state index in [1.165, 1.54) is 30.8 Å². The minimum Gasteiger partial charge on any atom is -0.508 e. The molecule has 3 aromatic rings. The van der Waals surface area contributed by atoms with E-state index in [2.05, 4.69) is 26.3 Å². The summed E-state index contributed by atoms with van der Waals surface area (Å²) < 4.78 is 0. The normalized spacial score (nSPS) is 14.9. The Labute approximate surface area is 281 Å². The molecule has 6 atom stereocenters. The molecule has 0 aliphatic rings. The molecule has 11 N–H and O–H groups in total. The van der Waals surface area contributed by atoms with Gasteiger partial charge in [-0.3, -0.25) is 19.2 Å². The summed E-state index contributed by atoms with van der Waals surface area (Å²) in [5, 5.41) is 49.1. The van der Waals surface area contributed by atoms with Crippen LogP contribution in [0.25, 0.3) is 10.9 Å². The SMILES string of the molecule is CSCC[C@H](NC(=O)[C@H](Cc1c[nH]c2ccccc12)NC(=O)[C@H](Cc1ccc(O)cc1)NC(=O)[C@@H](N)[C@@H](C)O)C(=O)N[C@@H](CO)C(=O)O. The molecule has 0 radical (unpaired) electrons. The zero-order chi connectivity index (χ0) is 35.4. The highest BCUT2D eigenvalue weighted by molar-refractivity contribution is 7.98. The van der Waals surface area contributed by atoms with E-state index in [-0.39, 0.29) is 25.0 Å². The Morgan fingerprint density at radius 2 is 1.40 bits per heavy atom. The van der Waals surface area contributed by atoms with Crippen LogP contribution < -0.4 is 27.0 Å². The largest absolute Gasteiger partial charge is 0.508 e. The van der Waals surface area contributed by atoms with Crippen LogP contribution in [0.2, 0.25) is 0 Å². The minimum absolute atomic E-state index is 0.0101. The quantitative estimate of drug-likeness (QED) is 0.0787. The number of hydrogen-bond donors (Lipinski definition) is 10. The highest BCUT2D eigenvalue weighted by atomic mass is 32.2. The zero-order valence-corrected chi connectivity index (χ0v) is 27.3. The van der Waals surface area contributed by atoms with Gasteiger partial charge >= 0.3 is 5.97 Å². The van der Waals surface area contributed by atoms with Crippen molar-refractivity contribution in [1.29, 1.82) is 0 Å². The van der Waals surface area contributed by atoms with Gasteiger partial charge in [-0.25, -0.2) is 4.79 Å². The van der Waals surface area contributed by atoms with Gasteiger partial charge in [0.2, 0.25) is 23.6 Å². The van der Waals surface area contributed by atoms with Crippen molar-refractivity contribution in [2.45, 2.75) is 62.5 Å². The third kappa shape index (κ3) is 10.7. The lowest BCUT2D eigenvalue weighted by Crippen LogP contribution is -2.60. The van der Waals surface area contributed by atoms with Crippen molar-refractivity contribution < 1.29 is 44.4 Å². The topological polar surface area (TPSA) is 256 Å². The van der Waals surface area contributed by atoms with Crippen molar-refractivity contribution in [3.05, 3.63) is 65.9 Å². The fourth-order valence-electron chi connectivity index (χ4n) is 4.80. The summed E-state index contributed by atoms with van der Waals surface area (Å²) in [6, 6.07) is 6.51. The number of nitrogens with two attached hydrogens (primary N) is 1. The lowest BCUT2D eigenvalue weighted by Gasteiger charge is -2.26. The molecule has 0 unspecified atom stereocenters. The summed E-state index contributed by atoms with van der Waals surface area (Å²) in [6.07, 6.45) is 2.25. The van der Waals surface area contributed by atoms with Crippen molar-refractivity contribution >= 4 is 52.3 Å². The van der Waals surface area contributed by atoms with Crippen molar-refractivity contribution in [1.82, 2.24) is 26.3 Å². The zero-order valence-electron chi connectivity index (χ0n) is 26.5. The number of hydrogen-bond acceptors (Lipinski definition) is 10. The van der Waals surface area contributed by atoms with E-state index in [4.69, 9.17) is 5.73 Å². The summed E-state index contributed by atoms with van der Waals surface area (Å²) in [6.45, 7) is 0.458. The molecule has 1 aromatic heterocycles. The summed E-state index contributed by atoms with van der Waals surface area (Å²) in [7, 11) is 0. The van der Waals surface area contributed by atoms with Gasteiger partial charge in [0, 0.05) is 29.9 Å². The molecule has 16 heteroatoms. The van der Waals surface area contributed by atoms with Crippen LogP contribution in [-0.2, 0) is 36.8 Å². The Morgan fingerprint density at radius 3 is 2.00 bits per heavy atom. The molecular weight excluding hydrogens is 644 g/mol. The van der Waals surface area contributed by atoms with Gasteiger partial charge in [0.1, 0.15) is 36.0 Å². The number of nitrogens with one attached hydrogen (secondary N) is 5. The number of aromatic amines is 1. The van der Waals surface area contributed by atoms with Crippen LogP contribution in [0.3, 0.4) is 0 Å². The number of carbonyl (C=O) groups is 5.